The second kappa shape index (κ2) is 3.87. The maximum Gasteiger partial charge on any atom is 0.172 e. The van der Waals surface area contributed by atoms with Crippen LogP contribution in [0.5, 0.6) is 0 Å². The summed E-state index contributed by atoms with van der Waals surface area (Å²) in [5.74, 6) is -0.657. The molecule has 0 saturated carbocycles. The van der Waals surface area contributed by atoms with Crippen molar-refractivity contribution in [2.24, 2.45) is 0 Å². The molecule has 0 radical (unpaired) electrons. The summed E-state index contributed by atoms with van der Waals surface area (Å²) in [5, 5.41) is -1.06. The molecule has 0 fully saturated rings. The van der Waals surface area contributed by atoms with Crippen LogP contribution in [0.1, 0.15) is 0 Å². The number of hydrogen-bond donors (Lipinski definition) is 0. The summed E-state index contributed by atoms with van der Waals surface area (Å²) in [4.78, 5) is 19.9. The molecule has 4 heteroatoms. The van der Waals surface area contributed by atoms with Gasteiger partial charge in [-0.3, -0.25) is 4.79 Å². The number of aldehydes is 1. The van der Waals surface area contributed by atoms with Crippen LogP contribution in [0.4, 0.5) is 0 Å². The number of halogens is 2. The molecule has 0 rings (SSSR count). The highest BCUT2D eigenvalue weighted by atomic mass is 35.5. The Kier molecular flexibility index (Phi) is 3.83. The van der Waals surface area contributed by atoms with E-state index in [9.17, 15) is 9.59 Å². The van der Waals surface area contributed by atoms with E-state index in [1.165, 1.54) is 0 Å². The summed E-state index contributed by atoms with van der Waals surface area (Å²) in [7, 11) is 0. The third-order valence-corrected chi connectivity index (χ3v) is 1.17. The van der Waals surface area contributed by atoms with Crippen LogP contribution in [0.3, 0.4) is 0 Å². The molecule has 2 nitrogen and oxygen atoms in total. The van der Waals surface area contributed by atoms with Crippen molar-refractivity contribution in [1.29, 1.82) is 0 Å². The minimum absolute atomic E-state index is 0.201. The summed E-state index contributed by atoms with van der Waals surface area (Å²) < 4.78 is 0. The van der Waals surface area contributed by atoms with Crippen molar-refractivity contribution in [2.45, 2.75) is 5.38 Å². The minimum Gasteiger partial charge on any atom is -0.301 e. The lowest BCUT2D eigenvalue weighted by Crippen LogP contribution is -2.16. The molecule has 0 aromatic carbocycles. The molecular formula is C4H4Cl2O2. The molecule has 0 amide bonds. The highest BCUT2D eigenvalue weighted by molar-refractivity contribution is 6.43. The smallest absolute Gasteiger partial charge is 0.172 e. The van der Waals surface area contributed by atoms with Gasteiger partial charge in [0, 0.05) is 0 Å². The van der Waals surface area contributed by atoms with Gasteiger partial charge in [-0.2, -0.15) is 0 Å². The second-order valence-corrected chi connectivity index (χ2v) is 1.88. The third kappa shape index (κ3) is 2.28. The number of alkyl halides is 2. The lowest BCUT2D eigenvalue weighted by molar-refractivity contribution is -0.119. The van der Waals surface area contributed by atoms with Crippen molar-refractivity contribution >= 4 is 35.3 Å². The zero-order valence-corrected chi connectivity index (χ0v) is 5.45. The average molecular weight is 155 g/mol. The van der Waals surface area contributed by atoms with E-state index >= 15 is 0 Å². The normalized spacial score (nSPS) is 12.8. The largest absolute Gasteiger partial charge is 0.301 e. The zero-order chi connectivity index (χ0) is 6.57. The Morgan fingerprint density at radius 1 is 1.75 bits per heavy atom. The molecular weight excluding hydrogens is 151 g/mol. The number of ketones is 1. The molecule has 0 aliphatic carbocycles. The van der Waals surface area contributed by atoms with Crippen LogP contribution >= 0.6 is 23.2 Å². The maximum atomic E-state index is 10.2. The minimum atomic E-state index is -1.06. The van der Waals surface area contributed by atoms with Crippen molar-refractivity contribution in [1.82, 2.24) is 0 Å². The number of carbonyl (C=O) groups is 2. The Hall–Kier alpha value is -0.0800. The SMILES string of the molecule is O=CC(Cl)C(=O)CCl. The van der Waals surface area contributed by atoms with Crippen LogP contribution in [-0.4, -0.2) is 23.3 Å². The molecule has 8 heavy (non-hydrogen) atoms. The fraction of sp³-hybridized carbons (Fsp3) is 0.500. The Morgan fingerprint density at radius 2 is 2.25 bits per heavy atom. The number of hydrogen-bond acceptors (Lipinski definition) is 2. The van der Waals surface area contributed by atoms with Gasteiger partial charge < -0.3 is 4.79 Å². The van der Waals surface area contributed by atoms with Crippen LogP contribution in [0.15, 0.2) is 0 Å². The molecule has 0 aliphatic rings. The van der Waals surface area contributed by atoms with Crippen molar-refractivity contribution < 1.29 is 9.59 Å². The molecule has 0 aromatic heterocycles. The van der Waals surface area contributed by atoms with Crippen molar-refractivity contribution in [2.75, 3.05) is 5.88 Å². The van der Waals surface area contributed by atoms with Gasteiger partial charge in [0.1, 0.15) is 11.7 Å². The van der Waals surface area contributed by atoms with Gasteiger partial charge in [-0.1, -0.05) is 0 Å². The molecule has 1 unspecified atom stereocenters. The van der Waals surface area contributed by atoms with Gasteiger partial charge in [0.25, 0.3) is 0 Å². The Morgan fingerprint density at radius 3 is 2.38 bits per heavy atom. The first-order valence-electron chi connectivity index (χ1n) is 1.90. The molecule has 0 heterocycles. The molecule has 0 saturated heterocycles. The van der Waals surface area contributed by atoms with Gasteiger partial charge in [-0.05, 0) is 0 Å². The average Bonchev–Trinajstić information content (AvgIpc) is 1.84. The lowest BCUT2D eigenvalue weighted by Gasteiger charge is -1.91. The molecule has 0 aromatic rings. The summed E-state index contributed by atoms with van der Waals surface area (Å²) in [6.45, 7) is 0. The van der Waals surface area contributed by atoms with Gasteiger partial charge in [0.15, 0.2) is 5.78 Å². The van der Waals surface area contributed by atoms with E-state index in [0.29, 0.717) is 6.29 Å². The van der Waals surface area contributed by atoms with Gasteiger partial charge in [0.2, 0.25) is 0 Å². The van der Waals surface area contributed by atoms with Gasteiger partial charge in [-0.25, -0.2) is 0 Å². The van der Waals surface area contributed by atoms with Gasteiger partial charge in [0.05, 0.1) is 5.88 Å². The van der Waals surface area contributed by atoms with Crippen LogP contribution in [0.2, 0.25) is 0 Å². The van der Waals surface area contributed by atoms with E-state index in [-0.39, 0.29) is 5.88 Å². The Balaban J connectivity index is 3.62. The quantitative estimate of drug-likeness (QED) is 0.339. The fourth-order valence-corrected chi connectivity index (χ4v) is 0.472. The van der Waals surface area contributed by atoms with Gasteiger partial charge >= 0.3 is 0 Å². The van der Waals surface area contributed by atoms with E-state index in [2.05, 4.69) is 0 Å². The molecule has 1 atom stereocenters. The molecule has 0 spiro atoms. The third-order valence-electron chi connectivity index (χ3n) is 0.559. The summed E-state index contributed by atoms with van der Waals surface area (Å²) >= 11 is 10.1. The van der Waals surface area contributed by atoms with Crippen molar-refractivity contribution in [3.8, 4) is 0 Å². The van der Waals surface area contributed by atoms with Crippen molar-refractivity contribution in [3.63, 3.8) is 0 Å². The summed E-state index contributed by atoms with van der Waals surface area (Å²) in [6, 6.07) is 0. The second-order valence-electron chi connectivity index (χ2n) is 1.14. The Labute approximate surface area is 56.8 Å². The first-order valence-corrected chi connectivity index (χ1v) is 2.87. The van der Waals surface area contributed by atoms with Crippen LogP contribution < -0.4 is 0 Å². The molecule has 0 N–H and O–H groups in total. The number of Topliss-reactive ketones (excluding diaryl/α,β-unsaturated/α-hetero) is 1. The van der Waals surface area contributed by atoms with Crippen molar-refractivity contribution in [3.05, 3.63) is 0 Å². The van der Waals surface area contributed by atoms with Crippen LogP contribution in [0.25, 0.3) is 0 Å². The highest BCUT2D eigenvalue weighted by Crippen LogP contribution is 1.93. The molecule has 46 valence electrons. The van der Waals surface area contributed by atoms with E-state index in [0.717, 1.165) is 0 Å². The van der Waals surface area contributed by atoms with Crippen LogP contribution in [-0.2, 0) is 9.59 Å². The topological polar surface area (TPSA) is 34.1 Å². The lowest BCUT2D eigenvalue weighted by atomic mass is 10.3. The van der Waals surface area contributed by atoms with E-state index in [4.69, 9.17) is 23.2 Å². The van der Waals surface area contributed by atoms with E-state index < -0.39 is 11.2 Å². The first-order chi connectivity index (χ1) is 3.72. The van der Waals surface area contributed by atoms with E-state index in [1.54, 1.807) is 0 Å². The summed E-state index contributed by atoms with van der Waals surface area (Å²) in [6.07, 6.45) is 0.353. The number of carbonyl (C=O) groups excluding carboxylic acids is 2. The van der Waals surface area contributed by atoms with E-state index in [1.807, 2.05) is 0 Å². The standard InChI is InChI=1S/C4H4Cl2O2/c5-1-4(8)3(6)2-7/h2-3H,1H2. The molecule has 0 bridgehead atoms. The fourth-order valence-electron chi connectivity index (χ4n) is 0.150. The predicted molar refractivity (Wildman–Crippen MR) is 31.4 cm³/mol. The maximum absolute atomic E-state index is 10.2. The van der Waals surface area contributed by atoms with Gasteiger partial charge in [-0.15, -0.1) is 23.2 Å². The van der Waals surface area contributed by atoms with Crippen LogP contribution in [0, 0.1) is 0 Å². The zero-order valence-electron chi connectivity index (χ0n) is 3.93. The Bertz CT molecular complexity index is 102. The highest BCUT2D eigenvalue weighted by Gasteiger charge is 2.10. The number of rotatable bonds is 3. The monoisotopic (exact) mass is 154 g/mol. The predicted octanol–water partition coefficient (Wildman–Crippen LogP) is 0.601. The molecule has 0 aliphatic heterocycles. The first kappa shape index (κ1) is 7.92. The summed E-state index contributed by atoms with van der Waals surface area (Å²) in [5.41, 5.74) is 0.